The van der Waals surface area contributed by atoms with Crippen molar-refractivity contribution in [3.63, 3.8) is 0 Å². The van der Waals surface area contributed by atoms with Crippen molar-refractivity contribution < 1.29 is 114 Å². The van der Waals surface area contributed by atoms with E-state index in [1.807, 2.05) is 217 Å². The normalized spacial score (nSPS) is 32.0. The largest absolute Gasteiger partial charge is 0.389 e. The molecule has 6 aromatic rings. The van der Waals surface area contributed by atoms with Crippen molar-refractivity contribution in [1.82, 2.24) is 0 Å². The van der Waals surface area contributed by atoms with Crippen LogP contribution in [0.4, 0.5) is 0 Å². The maximum Gasteiger partial charge on any atom is 0.203 e. The molecule has 0 spiro atoms. The first kappa shape index (κ1) is 115. The summed E-state index contributed by atoms with van der Waals surface area (Å²) in [5.41, 5.74) is 5.86. The summed E-state index contributed by atoms with van der Waals surface area (Å²) < 4.78 is 147. The molecule has 9 aliphatic rings. The molecule has 766 valence electrons. The molecule has 8 unspecified atom stereocenters. The lowest BCUT2D eigenvalue weighted by Crippen LogP contribution is -2.64. The molecule has 9 fully saturated rings. The van der Waals surface area contributed by atoms with Crippen molar-refractivity contribution >= 4 is 159 Å². The number of aliphatic hydroxyl groups is 2. The van der Waals surface area contributed by atoms with Crippen LogP contribution in [0.5, 0.6) is 0 Å². The quantitative estimate of drug-likeness (QED) is 0.0357. The number of fused-ring (bicyclic) bond motifs is 3. The molecule has 26 atom stereocenters. The van der Waals surface area contributed by atoms with Crippen LogP contribution in [0.15, 0.2) is 182 Å². The standard InChI is InChI=1S/C50H70O12Si.C47H66O12Si.S8.S7/c1-31(2)63(32(3)4,33(5)6)62-47-43-41(59-49(9,10)60-43)40(35(8)55-47)57-46-42(52-28-37-22-16-12-17-23-37)39(34(7)26-53-46)56-48-44-50(30-54-48,29-51-27-36-20-14-11-15-21-36)61-45(58-44)38-24-18-13-19-25-38;1-29(2)60(30(3)4,31(5)6)59-44-38(49)37(48)40(33(8)54-44)56-45-41(51-26-35-20-14-10-15-21-35)39(32(7)24-52-45)55-46-42-47(28-53-46,27-50-25-34-18-12-9-13-19-34)58-43(57-42)36-22-16-11-17-23-36;1-3-5-7-8-6-4-2;1-3-5-7-6-4-2/h11-25,31-35,39-48H,26-30H2,1-10H3;9-23,29-33,37-46,48-49H,24-28H2,1-8H3;;/t34-,35?,39-,40+,41?,42?,43+,44?,45+,46+,47+,48+,50+;32-,33?,37?,38+,39-,40+,41?,42?,43+,44+,45+,46+,47+;;/m11../s1. The van der Waals surface area contributed by atoms with E-state index in [9.17, 15) is 10.2 Å². The molecule has 41 heteroatoms. The molecular weight excluding hydrogens is 2090 g/mol. The second-order valence-electron chi connectivity index (χ2n) is 38.1. The summed E-state index contributed by atoms with van der Waals surface area (Å²) in [6, 6.07) is 59.8. The van der Waals surface area contributed by atoms with Crippen LogP contribution in [0, 0.1) is 11.8 Å². The monoisotopic (exact) mass is 2220 g/mol. The number of rotatable bonds is 34. The fourth-order valence-electron chi connectivity index (χ4n) is 20.3. The molecular formula is C97H136O24S15Si2. The molecule has 0 saturated carbocycles. The third-order valence-electron chi connectivity index (χ3n) is 26.5. The van der Waals surface area contributed by atoms with E-state index in [2.05, 4.69) is 135 Å². The fourth-order valence-corrected chi connectivity index (χ4v) is 50.3. The van der Waals surface area contributed by atoms with Crippen molar-refractivity contribution in [2.45, 2.75) is 337 Å². The molecule has 138 heavy (non-hydrogen) atoms. The maximum atomic E-state index is 11.7. The van der Waals surface area contributed by atoms with Gasteiger partial charge in [0, 0.05) is 165 Å². The molecule has 9 aliphatic heterocycles. The van der Waals surface area contributed by atoms with Crippen LogP contribution in [-0.2, 0) is 272 Å². The predicted octanol–water partition coefficient (Wildman–Crippen LogP) is 16.6. The van der Waals surface area contributed by atoms with Crippen molar-refractivity contribution in [3.8, 4) is 0 Å². The Hall–Kier alpha value is -1.91. The zero-order valence-electron chi connectivity index (χ0n) is 81.2. The predicted molar refractivity (Wildman–Crippen MR) is 574 cm³/mol. The van der Waals surface area contributed by atoms with E-state index in [-0.39, 0.29) is 68.1 Å². The molecule has 6 aromatic carbocycles. The van der Waals surface area contributed by atoms with Crippen LogP contribution in [0.2, 0.25) is 33.2 Å². The van der Waals surface area contributed by atoms with Gasteiger partial charge in [-0.25, -0.2) is 0 Å². The van der Waals surface area contributed by atoms with Gasteiger partial charge >= 0.3 is 0 Å². The van der Waals surface area contributed by atoms with Crippen LogP contribution in [0.3, 0.4) is 0 Å². The van der Waals surface area contributed by atoms with Crippen LogP contribution in [0.1, 0.15) is 171 Å². The number of hydrogen-bond acceptors (Lipinski definition) is 28. The summed E-state index contributed by atoms with van der Waals surface area (Å²) in [6.45, 7) is 41.4. The average Bonchev–Trinajstić information content (AvgIpc) is 1.58. The fraction of sp³-hybridized carbons (Fsp3) is 0.629. The van der Waals surface area contributed by atoms with Gasteiger partial charge in [-0.2, -0.15) is 0 Å². The molecule has 0 aromatic heterocycles. The van der Waals surface area contributed by atoms with Crippen molar-refractivity contribution in [3.05, 3.63) is 215 Å². The van der Waals surface area contributed by atoms with Crippen LogP contribution in [-0.4, -0.2) is 207 Å². The Morgan fingerprint density at radius 1 is 0.348 bits per heavy atom. The van der Waals surface area contributed by atoms with E-state index < -0.39 is 169 Å². The first-order valence-corrected chi connectivity index (χ1v) is 68.6. The second-order valence-corrected chi connectivity index (χ2v) is 68.4. The van der Waals surface area contributed by atoms with E-state index in [1.54, 1.807) is 62.2 Å². The topological polar surface area (TPSA) is 244 Å². The Bertz CT molecular complexity index is 5150. The highest BCUT2D eigenvalue weighted by molar-refractivity contribution is 8.70. The van der Waals surface area contributed by atoms with Gasteiger partial charge in [-0.05, 0) is 83.2 Å². The van der Waals surface area contributed by atoms with Gasteiger partial charge in [0.1, 0.15) is 72.2 Å². The SMILES string of the molecule is CC1O[C@@H](O[Si](C(C)C)(C(C)C)C(C)C)[C@@H](O)C(O)[C@H]1O[C@@H]1OC[C@@H](C)[C@@H](O[C@@H]2OC[C@]3(COCc4ccccc4)O[C@@H](c4ccccc4)OC23)C1OCc1ccccc1.CC1O[C@@H](O[Si](C(C)C)(C(C)C)C(C)C)[C@H]2OC(C)(C)OC2[C@H]1O[C@@H]1OC[C@@H](C)[C@@H](O[C@@H]2OC[C@]3(COCc4ccccc4)O[C@@H](c4ccccc4)OC23)C1OCc1ccccc1.S=S=S=S=S=S=S.S=S=S=S=S=S=S=S. The Labute approximate surface area is 868 Å². The van der Waals surface area contributed by atoms with Gasteiger partial charge in [0.25, 0.3) is 0 Å². The molecule has 0 amide bonds. The van der Waals surface area contributed by atoms with Crippen molar-refractivity contribution in [2.24, 2.45) is 11.8 Å². The van der Waals surface area contributed by atoms with Crippen LogP contribution >= 0.6 is 0 Å². The van der Waals surface area contributed by atoms with Crippen LogP contribution < -0.4 is 0 Å². The molecule has 24 nitrogen and oxygen atoms in total. The van der Waals surface area contributed by atoms with Gasteiger partial charge in [-0.15, -0.1) is 0 Å². The van der Waals surface area contributed by atoms with Gasteiger partial charge in [0.05, 0.1) is 90.5 Å². The smallest absolute Gasteiger partial charge is 0.203 e. The first-order valence-electron chi connectivity index (χ1n) is 47.0. The summed E-state index contributed by atoms with van der Waals surface area (Å²) in [4.78, 5) is 0. The summed E-state index contributed by atoms with van der Waals surface area (Å²) in [5.74, 6) is -1.17. The molecule has 2 N–H and O–H groups in total. The highest BCUT2D eigenvalue weighted by atomic mass is 33.4. The average molecular weight is 2220 g/mol. The van der Waals surface area contributed by atoms with Gasteiger partial charge in [0.2, 0.25) is 16.6 Å². The number of hydrogen-bond donors (Lipinski definition) is 2. The van der Waals surface area contributed by atoms with E-state index in [0.717, 1.165) is 33.4 Å². The lowest BCUT2D eigenvalue weighted by molar-refractivity contribution is -0.348. The lowest BCUT2D eigenvalue weighted by atomic mass is 9.95. The minimum atomic E-state index is -2.47. The Morgan fingerprint density at radius 2 is 0.667 bits per heavy atom. The highest BCUT2D eigenvalue weighted by Crippen LogP contribution is 2.52. The Morgan fingerprint density at radius 3 is 1.04 bits per heavy atom. The van der Waals surface area contributed by atoms with E-state index in [1.165, 1.54) is 35.5 Å². The van der Waals surface area contributed by atoms with Gasteiger partial charge in [0.15, 0.2) is 56.1 Å². The molecule has 9 saturated heterocycles. The van der Waals surface area contributed by atoms with E-state index in [4.69, 9.17) is 104 Å². The minimum absolute atomic E-state index is 0.109. The van der Waals surface area contributed by atoms with Gasteiger partial charge in [-0.1, -0.05) is 279 Å². The third-order valence-corrected chi connectivity index (χ3v) is 58.6. The van der Waals surface area contributed by atoms with Crippen LogP contribution in [0.25, 0.3) is 0 Å². The lowest BCUT2D eigenvalue weighted by Gasteiger charge is -2.50. The van der Waals surface area contributed by atoms with Gasteiger partial charge in [-0.3, -0.25) is 0 Å². The maximum absolute atomic E-state index is 11.7. The summed E-state index contributed by atoms with van der Waals surface area (Å²) in [7, 11) is 11.7. The summed E-state index contributed by atoms with van der Waals surface area (Å²) >= 11 is 18.3. The number of ether oxygens (including phenoxy) is 20. The zero-order valence-corrected chi connectivity index (χ0v) is 95.5. The highest BCUT2D eigenvalue weighted by Gasteiger charge is 2.65. The summed E-state index contributed by atoms with van der Waals surface area (Å²) in [5, 5.41) is 23.3. The first-order chi connectivity index (χ1) is 66.3. The van der Waals surface area contributed by atoms with Gasteiger partial charge < -0.3 is 114 Å². The third kappa shape index (κ3) is 29.6. The second kappa shape index (κ2) is 55.6. The number of aliphatic hydroxyl groups excluding tert-OH is 2. The molecule has 15 rings (SSSR count). The zero-order chi connectivity index (χ0) is 98.9. The Kier molecular flexibility index (Phi) is 46.2. The number of benzene rings is 6. The molecule has 0 aliphatic carbocycles. The molecule has 0 bridgehead atoms. The van der Waals surface area contributed by atoms with Crippen molar-refractivity contribution in [1.29, 1.82) is 0 Å². The summed E-state index contributed by atoms with van der Waals surface area (Å²) in [6.07, 6.45) is -16.6. The minimum Gasteiger partial charge on any atom is -0.389 e. The van der Waals surface area contributed by atoms with E-state index >= 15 is 0 Å². The molecule has 0 radical (unpaired) electrons. The van der Waals surface area contributed by atoms with E-state index in [0.29, 0.717) is 43.1 Å². The Balaban J connectivity index is 0.000000215. The molecule has 9 heterocycles. The van der Waals surface area contributed by atoms with Crippen molar-refractivity contribution in [2.75, 3.05) is 39.6 Å².